The largest absolute Gasteiger partial charge is 0.478 e. The van der Waals surface area contributed by atoms with Crippen LogP contribution in [-0.2, 0) is 4.79 Å². The van der Waals surface area contributed by atoms with Gasteiger partial charge in [0.25, 0.3) is 0 Å². The summed E-state index contributed by atoms with van der Waals surface area (Å²) in [5.74, 6) is -0.587. The van der Waals surface area contributed by atoms with Crippen LogP contribution in [0.3, 0.4) is 0 Å². The fourth-order valence-corrected chi connectivity index (χ4v) is 1.36. The van der Waals surface area contributed by atoms with Gasteiger partial charge in [-0.05, 0) is 18.6 Å². The quantitative estimate of drug-likeness (QED) is 0.784. The van der Waals surface area contributed by atoms with Crippen molar-refractivity contribution in [2.24, 2.45) is 0 Å². The van der Waals surface area contributed by atoms with Crippen LogP contribution in [0, 0.1) is 0 Å². The van der Waals surface area contributed by atoms with Gasteiger partial charge < -0.3 is 10.0 Å². The normalized spacial score (nSPS) is 14.3. The first-order valence-electron chi connectivity index (χ1n) is 5.13. The molecule has 1 aliphatic rings. The lowest BCUT2D eigenvalue weighted by molar-refractivity contribution is -0.126. The van der Waals surface area contributed by atoms with Crippen molar-refractivity contribution >= 4 is 11.9 Å². The van der Waals surface area contributed by atoms with E-state index in [4.69, 9.17) is 5.11 Å². The van der Waals surface area contributed by atoms with Crippen LogP contribution in [0.5, 0.6) is 0 Å². The van der Waals surface area contributed by atoms with Crippen LogP contribution >= 0.6 is 0 Å². The number of hydrogen-bond donors (Lipinski definition) is 1. The maximum atomic E-state index is 10.5. The SMILES string of the molecule is CN1CCCC1=O.O=C(O)c1ccccc1. The monoisotopic (exact) mass is 221 g/mol. The molecule has 1 fully saturated rings. The molecule has 0 atom stereocenters. The Balaban J connectivity index is 0.000000165. The zero-order chi connectivity index (χ0) is 12.0. The molecule has 1 aromatic rings. The van der Waals surface area contributed by atoms with Crippen LogP contribution in [0.2, 0.25) is 0 Å². The molecule has 0 aromatic heterocycles. The summed E-state index contributed by atoms with van der Waals surface area (Å²) in [6, 6.07) is 8.30. The summed E-state index contributed by atoms with van der Waals surface area (Å²) in [5, 5.41) is 8.38. The maximum Gasteiger partial charge on any atom is 0.335 e. The van der Waals surface area contributed by atoms with Crippen LogP contribution in [0.15, 0.2) is 30.3 Å². The summed E-state index contributed by atoms with van der Waals surface area (Å²) in [4.78, 5) is 22.5. The summed E-state index contributed by atoms with van der Waals surface area (Å²) in [6.45, 7) is 0.957. The van der Waals surface area contributed by atoms with Crippen molar-refractivity contribution in [1.29, 1.82) is 0 Å². The molecule has 0 bridgehead atoms. The lowest BCUT2D eigenvalue weighted by atomic mass is 10.2. The van der Waals surface area contributed by atoms with E-state index in [2.05, 4.69) is 0 Å². The minimum absolute atomic E-state index is 0.292. The molecule has 1 aromatic carbocycles. The second-order valence-electron chi connectivity index (χ2n) is 3.59. The van der Waals surface area contributed by atoms with Gasteiger partial charge in [0.15, 0.2) is 0 Å². The molecule has 86 valence electrons. The van der Waals surface area contributed by atoms with Crippen molar-refractivity contribution in [3.63, 3.8) is 0 Å². The second-order valence-corrected chi connectivity index (χ2v) is 3.59. The van der Waals surface area contributed by atoms with Crippen LogP contribution in [0.4, 0.5) is 0 Å². The molecular formula is C12H15NO3. The number of carboxylic acid groups (broad SMARTS) is 1. The van der Waals surface area contributed by atoms with Crippen molar-refractivity contribution in [1.82, 2.24) is 4.90 Å². The van der Waals surface area contributed by atoms with Gasteiger partial charge in [0.1, 0.15) is 0 Å². The van der Waals surface area contributed by atoms with E-state index in [1.807, 2.05) is 7.05 Å². The minimum Gasteiger partial charge on any atom is -0.478 e. The van der Waals surface area contributed by atoms with Gasteiger partial charge in [0.05, 0.1) is 5.56 Å². The van der Waals surface area contributed by atoms with Crippen LogP contribution in [0.1, 0.15) is 23.2 Å². The van der Waals surface area contributed by atoms with Gasteiger partial charge >= 0.3 is 5.97 Å². The van der Waals surface area contributed by atoms with Gasteiger partial charge in [-0.25, -0.2) is 4.79 Å². The fraction of sp³-hybridized carbons (Fsp3) is 0.333. The minimum atomic E-state index is -0.879. The Morgan fingerprint density at radius 3 is 2.19 bits per heavy atom. The molecule has 1 amide bonds. The highest BCUT2D eigenvalue weighted by atomic mass is 16.4. The van der Waals surface area contributed by atoms with Gasteiger partial charge in [-0.3, -0.25) is 4.79 Å². The number of nitrogens with zero attached hydrogens (tertiary/aromatic N) is 1. The van der Waals surface area contributed by atoms with E-state index < -0.39 is 5.97 Å². The van der Waals surface area contributed by atoms with Gasteiger partial charge in [-0.15, -0.1) is 0 Å². The highest BCUT2D eigenvalue weighted by molar-refractivity contribution is 5.87. The molecule has 0 unspecified atom stereocenters. The third kappa shape index (κ3) is 3.73. The number of hydrogen-bond acceptors (Lipinski definition) is 2. The average molecular weight is 221 g/mol. The molecule has 1 aliphatic heterocycles. The molecule has 1 saturated heterocycles. The van der Waals surface area contributed by atoms with Crippen LogP contribution in [0.25, 0.3) is 0 Å². The predicted molar refractivity (Wildman–Crippen MR) is 60.3 cm³/mol. The summed E-state index contributed by atoms with van der Waals surface area (Å²) >= 11 is 0. The topological polar surface area (TPSA) is 57.6 Å². The number of aromatic carboxylic acids is 1. The lowest BCUT2D eigenvalue weighted by Crippen LogP contribution is -2.17. The number of carbonyl (C=O) groups excluding carboxylic acids is 1. The van der Waals surface area contributed by atoms with Crippen LogP contribution in [-0.4, -0.2) is 35.5 Å². The van der Waals surface area contributed by atoms with E-state index in [1.165, 1.54) is 0 Å². The number of carbonyl (C=O) groups is 2. The van der Waals surface area contributed by atoms with Crippen molar-refractivity contribution in [3.8, 4) is 0 Å². The second kappa shape index (κ2) is 5.90. The van der Waals surface area contributed by atoms with E-state index in [9.17, 15) is 9.59 Å². The smallest absolute Gasteiger partial charge is 0.335 e. The van der Waals surface area contributed by atoms with E-state index >= 15 is 0 Å². The van der Waals surface area contributed by atoms with Crippen molar-refractivity contribution < 1.29 is 14.7 Å². The van der Waals surface area contributed by atoms with Gasteiger partial charge in [0.2, 0.25) is 5.91 Å². The average Bonchev–Trinajstić information content (AvgIpc) is 2.65. The highest BCUT2D eigenvalue weighted by Crippen LogP contribution is 2.04. The zero-order valence-corrected chi connectivity index (χ0v) is 9.22. The number of amides is 1. The molecule has 4 heteroatoms. The third-order valence-electron chi connectivity index (χ3n) is 2.33. The molecule has 0 aliphatic carbocycles. The number of likely N-dealkylation sites (tertiary alicyclic amines) is 1. The molecule has 0 saturated carbocycles. The van der Waals surface area contributed by atoms with E-state index in [1.54, 1.807) is 35.2 Å². The van der Waals surface area contributed by atoms with Crippen molar-refractivity contribution in [3.05, 3.63) is 35.9 Å². The van der Waals surface area contributed by atoms with Gasteiger partial charge in [-0.1, -0.05) is 18.2 Å². The first-order valence-corrected chi connectivity index (χ1v) is 5.13. The predicted octanol–water partition coefficient (Wildman–Crippen LogP) is 1.62. The van der Waals surface area contributed by atoms with Gasteiger partial charge in [-0.2, -0.15) is 0 Å². The molecule has 0 spiro atoms. The Morgan fingerprint density at radius 2 is 1.94 bits per heavy atom. The zero-order valence-electron chi connectivity index (χ0n) is 9.22. The number of carboxylic acids is 1. The van der Waals surface area contributed by atoms with E-state index in [0.717, 1.165) is 19.4 Å². The van der Waals surface area contributed by atoms with Crippen molar-refractivity contribution in [2.45, 2.75) is 12.8 Å². The summed E-state index contributed by atoms with van der Waals surface area (Å²) in [6.07, 6.45) is 1.81. The first-order chi connectivity index (χ1) is 7.61. The molecule has 1 N–H and O–H groups in total. The third-order valence-corrected chi connectivity index (χ3v) is 2.33. The summed E-state index contributed by atoms with van der Waals surface area (Å²) < 4.78 is 0. The van der Waals surface area contributed by atoms with E-state index in [-0.39, 0.29) is 0 Å². The fourth-order valence-electron chi connectivity index (χ4n) is 1.36. The maximum absolute atomic E-state index is 10.5. The standard InChI is InChI=1S/C7H6O2.C5H9NO/c8-7(9)6-4-2-1-3-5-6;1-6-4-2-3-5(6)7/h1-5H,(H,8,9);2-4H2,1H3. The number of benzene rings is 1. The molecular weight excluding hydrogens is 206 g/mol. The molecule has 16 heavy (non-hydrogen) atoms. The highest BCUT2D eigenvalue weighted by Gasteiger charge is 2.14. The Bertz CT molecular complexity index is 362. The molecule has 0 radical (unpaired) electrons. The summed E-state index contributed by atoms with van der Waals surface area (Å²) in [5.41, 5.74) is 0.331. The molecule has 1 heterocycles. The Labute approximate surface area is 94.5 Å². The van der Waals surface area contributed by atoms with Crippen molar-refractivity contribution in [2.75, 3.05) is 13.6 Å². The Morgan fingerprint density at radius 1 is 1.31 bits per heavy atom. The Hall–Kier alpha value is -1.84. The molecule has 4 nitrogen and oxygen atoms in total. The summed E-state index contributed by atoms with van der Waals surface area (Å²) in [7, 11) is 1.84. The van der Waals surface area contributed by atoms with Crippen LogP contribution < -0.4 is 0 Å². The van der Waals surface area contributed by atoms with E-state index in [0.29, 0.717) is 11.5 Å². The lowest BCUT2D eigenvalue weighted by Gasteiger charge is -2.03. The van der Waals surface area contributed by atoms with Gasteiger partial charge in [0, 0.05) is 20.0 Å². The molecule has 2 rings (SSSR count). The number of rotatable bonds is 1. The first kappa shape index (κ1) is 12.2. The Kier molecular flexibility index (Phi) is 4.51.